The van der Waals surface area contributed by atoms with Gasteiger partial charge in [0.25, 0.3) is 0 Å². The maximum Gasteiger partial charge on any atom is 0.329 e. The molecule has 0 heterocycles. The van der Waals surface area contributed by atoms with Crippen LogP contribution >= 0.6 is 11.6 Å². The number of benzene rings is 2. The lowest BCUT2D eigenvalue weighted by molar-refractivity contribution is -0.139. The van der Waals surface area contributed by atoms with Crippen LogP contribution in [0.25, 0.3) is 0 Å². The van der Waals surface area contributed by atoms with E-state index in [1.165, 1.54) is 18.9 Å². The van der Waals surface area contributed by atoms with Crippen molar-refractivity contribution in [2.75, 3.05) is 7.11 Å². The van der Waals surface area contributed by atoms with E-state index >= 15 is 0 Å². The minimum absolute atomic E-state index is 0.146. The van der Waals surface area contributed by atoms with Crippen molar-refractivity contribution in [1.29, 1.82) is 0 Å². The highest BCUT2D eigenvalue weighted by Gasteiger charge is 2.14. The molecule has 2 rings (SSSR count). The molecule has 2 N–H and O–H groups in total. The van der Waals surface area contributed by atoms with Gasteiger partial charge in [0.1, 0.15) is 6.61 Å². The molecule has 0 bridgehead atoms. The number of ether oxygens (including phenoxy) is 2. The summed E-state index contributed by atoms with van der Waals surface area (Å²) in [5.74, 6) is -0.777. The van der Waals surface area contributed by atoms with E-state index in [1.54, 1.807) is 26.0 Å². The van der Waals surface area contributed by atoms with Gasteiger partial charge in [-0.3, -0.25) is 9.59 Å². The number of hydrogen-bond donors (Lipinski definition) is 2. The molecule has 7 nitrogen and oxygen atoms in total. The second-order valence-corrected chi connectivity index (χ2v) is 7.04. The predicted molar refractivity (Wildman–Crippen MR) is 113 cm³/mol. The molecule has 0 spiro atoms. The topological polar surface area (TPSA) is 89.0 Å². The second kappa shape index (κ2) is 10.5. The van der Waals surface area contributed by atoms with Crippen molar-refractivity contribution in [1.82, 2.24) is 10.7 Å². The summed E-state index contributed by atoms with van der Waals surface area (Å²) in [5, 5.41) is 6.59. The standard InChI is InChI=1S/C21H24ClN3O4/c1-13(2)24-20(26)21(27)25-23-11-16-9-17(22)19(18(10-16)28-4)29-12-15-7-5-14(3)6-8-15/h5-11,13H,12H2,1-4H3,(H,24,26)(H,25,27)/b23-11-. The Morgan fingerprint density at radius 1 is 1.17 bits per heavy atom. The van der Waals surface area contributed by atoms with E-state index < -0.39 is 11.8 Å². The summed E-state index contributed by atoms with van der Waals surface area (Å²) in [4.78, 5) is 23.2. The summed E-state index contributed by atoms with van der Waals surface area (Å²) in [7, 11) is 1.50. The zero-order valence-corrected chi connectivity index (χ0v) is 17.5. The van der Waals surface area contributed by atoms with Gasteiger partial charge in [0, 0.05) is 6.04 Å². The molecule has 2 aromatic rings. The average Bonchev–Trinajstić information content (AvgIpc) is 2.67. The Hall–Kier alpha value is -3.06. The number of nitrogens with one attached hydrogen (secondary N) is 2. The first-order valence-electron chi connectivity index (χ1n) is 9.00. The lowest BCUT2D eigenvalue weighted by Gasteiger charge is -2.13. The Labute approximate surface area is 175 Å². The number of methoxy groups -OCH3 is 1. The molecule has 0 aliphatic carbocycles. The Morgan fingerprint density at radius 3 is 2.48 bits per heavy atom. The Morgan fingerprint density at radius 2 is 1.86 bits per heavy atom. The van der Waals surface area contributed by atoms with Gasteiger partial charge in [-0.15, -0.1) is 0 Å². The molecule has 0 unspecified atom stereocenters. The summed E-state index contributed by atoms with van der Waals surface area (Å²) in [6, 6.07) is 11.1. The number of carbonyl (C=O) groups is 2. The van der Waals surface area contributed by atoms with E-state index in [-0.39, 0.29) is 6.04 Å². The Kier molecular flexibility index (Phi) is 8.03. The van der Waals surface area contributed by atoms with Crippen LogP contribution in [0.15, 0.2) is 41.5 Å². The van der Waals surface area contributed by atoms with Gasteiger partial charge in [0.05, 0.1) is 18.3 Å². The zero-order valence-electron chi connectivity index (χ0n) is 16.8. The molecule has 0 aromatic heterocycles. The average molecular weight is 418 g/mol. The smallest absolute Gasteiger partial charge is 0.329 e. The number of nitrogens with zero attached hydrogens (tertiary/aromatic N) is 1. The third-order valence-electron chi connectivity index (χ3n) is 3.76. The van der Waals surface area contributed by atoms with Gasteiger partial charge in [0.15, 0.2) is 11.5 Å². The lowest BCUT2D eigenvalue weighted by atomic mass is 10.1. The molecule has 0 saturated heterocycles. The molecule has 0 radical (unpaired) electrons. The van der Waals surface area contributed by atoms with Crippen molar-refractivity contribution in [3.05, 3.63) is 58.1 Å². The van der Waals surface area contributed by atoms with Gasteiger partial charge in [-0.2, -0.15) is 5.10 Å². The molecule has 0 saturated carbocycles. The number of hydrogen-bond acceptors (Lipinski definition) is 5. The van der Waals surface area contributed by atoms with Crippen LogP contribution in [0.3, 0.4) is 0 Å². The Balaban J connectivity index is 2.05. The lowest BCUT2D eigenvalue weighted by Crippen LogP contribution is -2.41. The van der Waals surface area contributed by atoms with Crippen LogP contribution in [0.4, 0.5) is 0 Å². The quantitative estimate of drug-likeness (QED) is 0.411. The van der Waals surface area contributed by atoms with E-state index in [4.69, 9.17) is 21.1 Å². The number of aryl methyl sites for hydroxylation is 1. The highest BCUT2D eigenvalue weighted by Crippen LogP contribution is 2.36. The normalized spacial score (nSPS) is 10.8. The predicted octanol–water partition coefficient (Wildman–Crippen LogP) is 3.21. The van der Waals surface area contributed by atoms with Crippen molar-refractivity contribution in [2.45, 2.75) is 33.4 Å². The molecular formula is C21H24ClN3O4. The summed E-state index contributed by atoms with van der Waals surface area (Å²) in [6.07, 6.45) is 1.36. The van der Waals surface area contributed by atoms with Crippen molar-refractivity contribution in [3.63, 3.8) is 0 Å². The van der Waals surface area contributed by atoms with Crippen LogP contribution in [0, 0.1) is 6.92 Å². The monoisotopic (exact) mass is 417 g/mol. The molecule has 2 aromatic carbocycles. The minimum atomic E-state index is -0.855. The second-order valence-electron chi connectivity index (χ2n) is 6.64. The first kappa shape index (κ1) is 22.2. The molecule has 0 fully saturated rings. The first-order valence-corrected chi connectivity index (χ1v) is 9.37. The van der Waals surface area contributed by atoms with Crippen LogP contribution in [-0.4, -0.2) is 31.2 Å². The third kappa shape index (κ3) is 6.80. The van der Waals surface area contributed by atoms with Crippen LogP contribution in [-0.2, 0) is 16.2 Å². The van der Waals surface area contributed by atoms with Gasteiger partial charge in [-0.1, -0.05) is 41.4 Å². The minimum Gasteiger partial charge on any atom is -0.493 e. The molecule has 8 heteroatoms. The van der Waals surface area contributed by atoms with Crippen LogP contribution in [0.5, 0.6) is 11.5 Å². The number of rotatable bonds is 7. The molecule has 29 heavy (non-hydrogen) atoms. The highest BCUT2D eigenvalue weighted by molar-refractivity contribution is 6.35. The van der Waals surface area contributed by atoms with Crippen LogP contribution < -0.4 is 20.2 Å². The first-order chi connectivity index (χ1) is 13.8. The van der Waals surface area contributed by atoms with Crippen molar-refractivity contribution in [2.24, 2.45) is 5.10 Å². The molecule has 154 valence electrons. The van der Waals surface area contributed by atoms with E-state index in [9.17, 15) is 9.59 Å². The molecule has 0 aliphatic rings. The maximum absolute atomic E-state index is 11.6. The van der Waals surface area contributed by atoms with Gasteiger partial charge in [0.2, 0.25) is 0 Å². The summed E-state index contributed by atoms with van der Waals surface area (Å²) in [5.41, 5.74) is 4.90. The third-order valence-corrected chi connectivity index (χ3v) is 4.04. The summed E-state index contributed by atoms with van der Waals surface area (Å²) >= 11 is 6.34. The largest absolute Gasteiger partial charge is 0.493 e. The van der Waals surface area contributed by atoms with Gasteiger partial charge >= 0.3 is 11.8 Å². The fourth-order valence-electron chi connectivity index (χ4n) is 2.34. The van der Waals surface area contributed by atoms with Crippen molar-refractivity contribution >= 4 is 29.6 Å². The van der Waals surface area contributed by atoms with Gasteiger partial charge < -0.3 is 14.8 Å². The van der Waals surface area contributed by atoms with Gasteiger partial charge in [-0.25, -0.2) is 5.43 Å². The summed E-state index contributed by atoms with van der Waals surface area (Å²) < 4.78 is 11.2. The number of hydrazone groups is 1. The molecular weight excluding hydrogens is 394 g/mol. The van der Waals surface area contributed by atoms with E-state index in [0.717, 1.165) is 5.56 Å². The van der Waals surface area contributed by atoms with E-state index in [0.29, 0.717) is 28.7 Å². The van der Waals surface area contributed by atoms with Crippen molar-refractivity contribution in [3.8, 4) is 11.5 Å². The Bertz CT molecular complexity index is 896. The molecule has 2 amide bonds. The van der Waals surface area contributed by atoms with Crippen molar-refractivity contribution < 1.29 is 19.1 Å². The molecule has 0 atom stereocenters. The highest BCUT2D eigenvalue weighted by atomic mass is 35.5. The van der Waals surface area contributed by atoms with Gasteiger partial charge in [-0.05, 0) is 44.0 Å². The SMILES string of the molecule is COc1cc(/C=N\NC(=O)C(=O)NC(C)C)cc(Cl)c1OCc1ccc(C)cc1. The number of halogens is 1. The van der Waals surface area contributed by atoms with E-state index in [1.807, 2.05) is 31.2 Å². The number of amides is 2. The van der Waals surface area contributed by atoms with Crippen LogP contribution in [0.1, 0.15) is 30.5 Å². The fourth-order valence-corrected chi connectivity index (χ4v) is 2.61. The summed E-state index contributed by atoms with van der Waals surface area (Å²) in [6.45, 7) is 5.87. The maximum atomic E-state index is 11.6. The fraction of sp³-hybridized carbons (Fsp3) is 0.286. The van der Waals surface area contributed by atoms with E-state index in [2.05, 4.69) is 15.8 Å². The zero-order chi connectivity index (χ0) is 21.4. The van der Waals surface area contributed by atoms with Crippen LogP contribution in [0.2, 0.25) is 5.02 Å². The number of carbonyl (C=O) groups excluding carboxylic acids is 2. The molecule has 0 aliphatic heterocycles.